The average Bonchev–Trinajstić information content (AvgIpc) is 2.94. The number of aromatic nitrogens is 1. The van der Waals surface area contributed by atoms with E-state index in [4.69, 9.17) is 0 Å². The van der Waals surface area contributed by atoms with Crippen molar-refractivity contribution in [3.63, 3.8) is 0 Å². The monoisotopic (exact) mass is 287 g/mol. The summed E-state index contributed by atoms with van der Waals surface area (Å²) in [6.45, 7) is 2.10. The van der Waals surface area contributed by atoms with Gasteiger partial charge >= 0.3 is 0 Å². The molecule has 2 fully saturated rings. The van der Waals surface area contributed by atoms with Gasteiger partial charge in [0.2, 0.25) is 0 Å². The summed E-state index contributed by atoms with van der Waals surface area (Å²) >= 11 is 1.63. The molecule has 2 N–H and O–H groups in total. The van der Waals surface area contributed by atoms with Crippen LogP contribution in [0.4, 0.5) is 0 Å². The Balaban J connectivity index is 1.54. The molecule has 1 saturated heterocycles. The quantitative estimate of drug-likeness (QED) is 0.909. The van der Waals surface area contributed by atoms with Gasteiger partial charge in [-0.3, -0.25) is 9.78 Å². The maximum Gasteiger partial charge on any atom is 0.253 e. The van der Waals surface area contributed by atoms with Gasteiger partial charge < -0.3 is 10.6 Å². The first-order chi connectivity index (χ1) is 9.77. The first-order valence-electron chi connectivity index (χ1n) is 7.13. The molecule has 2 aromatic rings. The van der Waals surface area contributed by atoms with Gasteiger partial charge in [-0.15, -0.1) is 11.3 Å². The molecule has 3 heterocycles. The highest BCUT2D eigenvalue weighted by molar-refractivity contribution is 7.17. The fourth-order valence-corrected chi connectivity index (χ4v) is 3.95. The maximum atomic E-state index is 12.5. The highest BCUT2D eigenvalue weighted by Gasteiger charge is 2.51. The predicted molar refractivity (Wildman–Crippen MR) is 80.0 cm³/mol. The molecule has 1 atom stereocenters. The Labute approximate surface area is 121 Å². The number of nitrogens with one attached hydrogen (secondary N) is 2. The average molecular weight is 287 g/mol. The third kappa shape index (κ3) is 2.01. The minimum atomic E-state index is 0.0252. The van der Waals surface area contributed by atoms with E-state index in [1.54, 1.807) is 17.5 Å². The molecule has 2 aromatic heterocycles. The van der Waals surface area contributed by atoms with Crippen LogP contribution in [0.1, 0.15) is 29.6 Å². The van der Waals surface area contributed by atoms with Gasteiger partial charge in [0.15, 0.2) is 0 Å². The van der Waals surface area contributed by atoms with E-state index in [1.807, 2.05) is 17.5 Å². The SMILES string of the molecule is O=C(NC1(C2CCNC2)CC1)c1cnc2ccsc2c1. The van der Waals surface area contributed by atoms with E-state index in [-0.39, 0.29) is 11.4 Å². The number of pyridine rings is 1. The van der Waals surface area contributed by atoms with Gasteiger partial charge in [0.25, 0.3) is 5.91 Å². The Bertz CT molecular complexity index is 656. The van der Waals surface area contributed by atoms with E-state index >= 15 is 0 Å². The van der Waals surface area contributed by atoms with Crippen LogP contribution in [0.2, 0.25) is 0 Å². The fraction of sp³-hybridized carbons (Fsp3) is 0.467. The fourth-order valence-electron chi connectivity index (χ4n) is 3.17. The Kier molecular flexibility index (Phi) is 2.79. The van der Waals surface area contributed by atoms with Crippen molar-refractivity contribution in [1.82, 2.24) is 15.6 Å². The second kappa shape index (κ2) is 4.53. The molecule has 0 spiro atoms. The van der Waals surface area contributed by atoms with Crippen molar-refractivity contribution in [3.05, 3.63) is 29.3 Å². The Morgan fingerprint density at radius 1 is 1.50 bits per heavy atom. The van der Waals surface area contributed by atoms with Crippen LogP contribution in [0.3, 0.4) is 0 Å². The first-order valence-corrected chi connectivity index (χ1v) is 8.01. The summed E-state index contributed by atoms with van der Waals surface area (Å²) in [7, 11) is 0. The van der Waals surface area contributed by atoms with Crippen LogP contribution in [0.15, 0.2) is 23.7 Å². The van der Waals surface area contributed by atoms with Crippen LogP contribution in [-0.4, -0.2) is 29.5 Å². The molecule has 0 aromatic carbocycles. The zero-order chi connectivity index (χ0) is 13.6. The van der Waals surface area contributed by atoms with Crippen molar-refractivity contribution >= 4 is 27.5 Å². The molecule has 1 saturated carbocycles. The van der Waals surface area contributed by atoms with Crippen LogP contribution in [0, 0.1) is 5.92 Å². The van der Waals surface area contributed by atoms with E-state index in [9.17, 15) is 4.79 Å². The second-order valence-electron chi connectivity index (χ2n) is 5.83. The number of rotatable bonds is 3. The van der Waals surface area contributed by atoms with E-state index in [0.717, 1.165) is 36.1 Å². The highest BCUT2D eigenvalue weighted by Crippen LogP contribution is 2.45. The number of thiophene rings is 1. The van der Waals surface area contributed by atoms with E-state index in [2.05, 4.69) is 15.6 Å². The van der Waals surface area contributed by atoms with Crippen molar-refractivity contribution < 1.29 is 4.79 Å². The molecule has 4 nitrogen and oxygen atoms in total. The molecule has 1 amide bonds. The molecule has 1 unspecified atom stereocenters. The summed E-state index contributed by atoms with van der Waals surface area (Å²) in [5, 5.41) is 8.66. The number of carbonyl (C=O) groups excluding carboxylic acids is 1. The maximum absolute atomic E-state index is 12.5. The molecule has 4 rings (SSSR count). The molecule has 1 aliphatic carbocycles. The first kappa shape index (κ1) is 12.3. The Morgan fingerprint density at radius 3 is 3.15 bits per heavy atom. The van der Waals surface area contributed by atoms with Gasteiger partial charge in [-0.2, -0.15) is 0 Å². The largest absolute Gasteiger partial charge is 0.346 e. The van der Waals surface area contributed by atoms with E-state index in [0.29, 0.717) is 11.5 Å². The smallest absolute Gasteiger partial charge is 0.253 e. The standard InChI is InChI=1S/C15H17N3OS/c19-14(10-7-13-12(17-8-10)2-6-20-13)18-15(3-4-15)11-1-5-16-9-11/h2,6-8,11,16H,1,3-5,9H2,(H,18,19). The lowest BCUT2D eigenvalue weighted by Gasteiger charge is -2.23. The van der Waals surface area contributed by atoms with Crippen LogP contribution >= 0.6 is 11.3 Å². The van der Waals surface area contributed by atoms with Crippen LogP contribution in [0.25, 0.3) is 10.2 Å². The summed E-state index contributed by atoms with van der Waals surface area (Å²) in [5.41, 5.74) is 1.69. The molecular weight excluding hydrogens is 270 g/mol. The minimum Gasteiger partial charge on any atom is -0.346 e. The number of carbonyl (C=O) groups is 1. The van der Waals surface area contributed by atoms with Crippen molar-refractivity contribution in [1.29, 1.82) is 0 Å². The van der Waals surface area contributed by atoms with E-state index < -0.39 is 0 Å². The molecule has 1 aliphatic heterocycles. The van der Waals surface area contributed by atoms with Crippen molar-refractivity contribution in [3.8, 4) is 0 Å². The van der Waals surface area contributed by atoms with Gasteiger partial charge in [-0.05, 0) is 49.2 Å². The summed E-state index contributed by atoms with van der Waals surface area (Å²) in [5.74, 6) is 0.613. The van der Waals surface area contributed by atoms with E-state index in [1.165, 1.54) is 6.42 Å². The number of nitrogens with zero attached hydrogens (tertiary/aromatic N) is 1. The number of hydrogen-bond donors (Lipinski definition) is 2. The molecule has 20 heavy (non-hydrogen) atoms. The predicted octanol–water partition coefficient (Wildman–Crippen LogP) is 2.17. The van der Waals surface area contributed by atoms with Gasteiger partial charge in [0, 0.05) is 18.3 Å². The molecule has 0 bridgehead atoms. The molecule has 2 aliphatic rings. The Morgan fingerprint density at radius 2 is 2.40 bits per heavy atom. The van der Waals surface area contributed by atoms with Gasteiger partial charge in [-0.1, -0.05) is 0 Å². The molecule has 104 valence electrons. The summed E-state index contributed by atoms with van der Waals surface area (Å²) in [6, 6.07) is 3.93. The van der Waals surface area contributed by atoms with Crippen molar-refractivity contribution in [2.75, 3.05) is 13.1 Å². The van der Waals surface area contributed by atoms with Crippen LogP contribution in [-0.2, 0) is 0 Å². The lowest BCUT2D eigenvalue weighted by molar-refractivity contribution is 0.0915. The molecule has 5 heteroatoms. The van der Waals surface area contributed by atoms with Crippen LogP contribution in [0.5, 0.6) is 0 Å². The topological polar surface area (TPSA) is 54.0 Å². The molecule has 0 radical (unpaired) electrons. The van der Waals surface area contributed by atoms with Crippen LogP contribution < -0.4 is 10.6 Å². The van der Waals surface area contributed by atoms with Gasteiger partial charge in [0.1, 0.15) is 0 Å². The second-order valence-corrected chi connectivity index (χ2v) is 6.78. The highest BCUT2D eigenvalue weighted by atomic mass is 32.1. The normalized spacial score (nSPS) is 23.9. The van der Waals surface area contributed by atoms with Crippen molar-refractivity contribution in [2.45, 2.75) is 24.8 Å². The lowest BCUT2D eigenvalue weighted by atomic mass is 9.96. The zero-order valence-electron chi connectivity index (χ0n) is 11.2. The number of amides is 1. The Hall–Kier alpha value is -1.46. The zero-order valence-corrected chi connectivity index (χ0v) is 12.0. The summed E-state index contributed by atoms with van der Waals surface area (Å²) in [4.78, 5) is 16.8. The third-order valence-corrected chi connectivity index (χ3v) is 5.41. The lowest BCUT2D eigenvalue weighted by Crippen LogP contribution is -2.43. The number of hydrogen-bond acceptors (Lipinski definition) is 4. The summed E-state index contributed by atoms with van der Waals surface area (Å²) in [6.07, 6.45) is 5.08. The van der Waals surface area contributed by atoms with Gasteiger partial charge in [-0.25, -0.2) is 0 Å². The minimum absolute atomic E-state index is 0.0252. The van der Waals surface area contributed by atoms with Crippen molar-refractivity contribution in [2.24, 2.45) is 5.92 Å². The number of fused-ring (bicyclic) bond motifs is 1. The van der Waals surface area contributed by atoms with Gasteiger partial charge in [0.05, 0.1) is 15.8 Å². The summed E-state index contributed by atoms with van der Waals surface area (Å²) < 4.78 is 1.07. The molecular formula is C15H17N3OS. The third-order valence-electron chi connectivity index (χ3n) is 4.56.